The summed E-state index contributed by atoms with van der Waals surface area (Å²) in [4.78, 5) is 0. The normalized spacial score (nSPS) is 13.9. The fraction of sp³-hybridized carbons (Fsp3) is 0.750. The van der Waals surface area contributed by atoms with Crippen molar-refractivity contribution in [1.29, 1.82) is 0 Å². The maximum absolute atomic E-state index is 8.46. The summed E-state index contributed by atoms with van der Waals surface area (Å²) in [6.07, 6.45) is 4.86. The Morgan fingerprint density at radius 2 is 1.57 bits per heavy atom. The minimum atomic E-state index is -2.73. The number of halogens is 3. The molecule has 3 N–H and O–H groups in total. The van der Waals surface area contributed by atoms with E-state index in [1.54, 1.807) is 0 Å². The Bertz CT molecular complexity index is 181. The molecule has 0 aromatic rings. The van der Waals surface area contributed by atoms with E-state index in [-0.39, 0.29) is 0 Å². The molecular weight excluding hydrogens is 250 g/mol. The van der Waals surface area contributed by atoms with E-state index in [4.69, 9.17) is 50.1 Å². The summed E-state index contributed by atoms with van der Waals surface area (Å²) in [6, 6.07) is 0. The molecule has 0 fully saturated rings. The van der Waals surface area contributed by atoms with E-state index in [0.29, 0.717) is 12.8 Å². The van der Waals surface area contributed by atoms with Gasteiger partial charge in [0, 0.05) is 0 Å². The molecule has 14 heavy (non-hydrogen) atoms. The van der Waals surface area contributed by atoms with Crippen LogP contribution in [0.2, 0.25) is 0 Å². The lowest BCUT2D eigenvalue weighted by Crippen LogP contribution is -2.23. The van der Waals surface area contributed by atoms with Gasteiger partial charge >= 0.3 is 0 Å². The van der Waals surface area contributed by atoms with Gasteiger partial charge in [-0.25, -0.2) is 0 Å². The van der Waals surface area contributed by atoms with Gasteiger partial charge in [-0.1, -0.05) is 40.9 Å². The molecule has 0 saturated carbocycles. The summed E-state index contributed by atoms with van der Waals surface area (Å²) in [7, 11) is 0. The van der Waals surface area contributed by atoms with Crippen LogP contribution in [-0.4, -0.2) is 25.1 Å². The Labute approximate surface area is 97.9 Å². The standard InChI is InChI=1S/C8H13Cl3O3/c9-7(10,11)5-3-1-2-4-6-8(12,13)14/h4,6,12-14H,1-3,5H2. The number of hydrogen-bond acceptors (Lipinski definition) is 3. The van der Waals surface area contributed by atoms with Gasteiger partial charge in [0.05, 0.1) is 0 Å². The van der Waals surface area contributed by atoms with E-state index in [1.807, 2.05) is 0 Å². The second-order valence-corrected chi connectivity index (χ2v) is 5.47. The van der Waals surface area contributed by atoms with E-state index < -0.39 is 9.77 Å². The van der Waals surface area contributed by atoms with Gasteiger partial charge in [0.25, 0.3) is 5.97 Å². The van der Waals surface area contributed by atoms with Gasteiger partial charge in [-0.3, -0.25) is 0 Å². The van der Waals surface area contributed by atoms with Crippen molar-refractivity contribution < 1.29 is 15.3 Å². The SMILES string of the molecule is OC(O)(O)C=CCCCCC(Cl)(Cl)Cl. The monoisotopic (exact) mass is 262 g/mol. The third-order valence-electron chi connectivity index (χ3n) is 1.42. The molecule has 0 aromatic heterocycles. The summed E-state index contributed by atoms with van der Waals surface area (Å²) >= 11 is 16.5. The van der Waals surface area contributed by atoms with Crippen molar-refractivity contribution in [2.24, 2.45) is 0 Å². The number of hydrogen-bond donors (Lipinski definition) is 3. The summed E-state index contributed by atoms with van der Waals surface area (Å²) < 4.78 is -1.22. The maximum Gasteiger partial charge on any atom is 0.297 e. The van der Waals surface area contributed by atoms with Crippen molar-refractivity contribution in [3.8, 4) is 0 Å². The van der Waals surface area contributed by atoms with Gasteiger partial charge in [-0.15, -0.1) is 0 Å². The number of unbranched alkanes of at least 4 members (excludes halogenated alkanes) is 2. The van der Waals surface area contributed by atoms with Crippen molar-refractivity contribution in [1.82, 2.24) is 0 Å². The first kappa shape index (κ1) is 14.5. The molecule has 0 heterocycles. The number of alkyl halides is 3. The van der Waals surface area contributed by atoms with E-state index in [0.717, 1.165) is 18.9 Å². The minimum absolute atomic E-state index is 0.452. The van der Waals surface area contributed by atoms with Crippen molar-refractivity contribution in [3.63, 3.8) is 0 Å². The van der Waals surface area contributed by atoms with Crippen LogP contribution < -0.4 is 0 Å². The Morgan fingerprint density at radius 1 is 1.00 bits per heavy atom. The molecule has 0 atom stereocenters. The van der Waals surface area contributed by atoms with E-state index in [2.05, 4.69) is 0 Å². The summed E-state index contributed by atoms with van der Waals surface area (Å²) in [6.45, 7) is 0. The molecule has 6 heteroatoms. The molecule has 0 bridgehead atoms. The third-order valence-corrected chi connectivity index (χ3v) is 1.99. The molecule has 0 rings (SSSR count). The van der Waals surface area contributed by atoms with Crippen LogP contribution in [0.15, 0.2) is 12.2 Å². The lowest BCUT2D eigenvalue weighted by atomic mass is 10.2. The fourth-order valence-electron chi connectivity index (χ4n) is 0.829. The van der Waals surface area contributed by atoms with Crippen LogP contribution in [0.25, 0.3) is 0 Å². The molecule has 0 spiro atoms. The molecule has 0 aliphatic heterocycles. The van der Waals surface area contributed by atoms with Crippen LogP contribution in [0.4, 0.5) is 0 Å². The maximum atomic E-state index is 8.46. The predicted octanol–water partition coefficient (Wildman–Crippen LogP) is 2.10. The summed E-state index contributed by atoms with van der Waals surface area (Å²) in [5, 5.41) is 25.4. The van der Waals surface area contributed by atoms with Gasteiger partial charge in [-0.2, -0.15) is 0 Å². The number of rotatable bonds is 5. The summed E-state index contributed by atoms with van der Waals surface area (Å²) in [5.74, 6) is -2.73. The lowest BCUT2D eigenvalue weighted by molar-refractivity contribution is -0.273. The van der Waals surface area contributed by atoms with Crippen LogP contribution in [0.1, 0.15) is 25.7 Å². The fourth-order valence-corrected chi connectivity index (χ4v) is 1.23. The topological polar surface area (TPSA) is 60.7 Å². The van der Waals surface area contributed by atoms with Gasteiger partial charge in [0.15, 0.2) is 3.79 Å². The van der Waals surface area contributed by atoms with Crippen LogP contribution in [0.5, 0.6) is 0 Å². The Balaban J connectivity index is 3.44. The molecule has 0 aromatic carbocycles. The summed E-state index contributed by atoms with van der Waals surface area (Å²) in [5.41, 5.74) is 0. The quantitative estimate of drug-likeness (QED) is 0.308. The van der Waals surface area contributed by atoms with Crippen LogP contribution in [0, 0.1) is 0 Å². The first-order chi connectivity index (χ1) is 6.21. The zero-order valence-electron chi connectivity index (χ0n) is 7.46. The second kappa shape index (κ2) is 6.16. The van der Waals surface area contributed by atoms with E-state index >= 15 is 0 Å². The van der Waals surface area contributed by atoms with Gasteiger partial charge in [0.2, 0.25) is 0 Å². The van der Waals surface area contributed by atoms with Crippen molar-refractivity contribution in [3.05, 3.63) is 12.2 Å². The highest BCUT2D eigenvalue weighted by Crippen LogP contribution is 2.31. The molecule has 0 aliphatic rings. The smallest absolute Gasteiger partial charge is 0.297 e. The number of aliphatic hydroxyl groups is 3. The van der Waals surface area contributed by atoms with Gasteiger partial charge in [-0.05, 0) is 31.8 Å². The van der Waals surface area contributed by atoms with Crippen LogP contribution >= 0.6 is 34.8 Å². The highest BCUT2D eigenvalue weighted by molar-refractivity contribution is 6.67. The average molecular weight is 264 g/mol. The first-order valence-corrected chi connectivity index (χ1v) is 5.26. The Kier molecular flexibility index (Phi) is 6.37. The highest BCUT2D eigenvalue weighted by Gasteiger charge is 2.18. The van der Waals surface area contributed by atoms with Crippen molar-refractivity contribution in [2.45, 2.75) is 35.4 Å². The number of allylic oxidation sites excluding steroid dienone is 1. The van der Waals surface area contributed by atoms with Crippen LogP contribution in [0.3, 0.4) is 0 Å². The largest absolute Gasteiger partial charge is 0.340 e. The molecule has 84 valence electrons. The molecule has 0 radical (unpaired) electrons. The molecule has 3 nitrogen and oxygen atoms in total. The molecule has 0 aliphatic carbocycles. The predicted molar refractivity (Wildman–Crippen MR) is 57.3 cm³/mol. The average Bonchev–Trinajstić information content (AvgIpc) is 1.92. The van der Waals surface area contributed by atoms with Gasteiger partial charge < -0.3 is 15.3 Å². The van der Waals surface area contributed by atoms with Crippen molar-refractivity contribution in [2.75, 3.05) is 0 Å². The highest BCUT2D eigenvalue weighted by atomic mass is 35.6. The molecule has 0 amide bonds. The molecule has 0 unspecified atom stereocenters. The lowest BCUT2D eigenvalue weighted by Gasteiger charge is -2.09. The van der Waals surface area contributed by atoms with Crippen LogP contribution in [-0.2, 0) is 0 Å². The first-order valence-electron chi connectivity index (χ1n) is 4.12. The van der Waals surface area contributed by atoms with E-state index in [1.165, 1.54) is 6.08 Å². The van der Waals surface area contributed by atoms with Gasteiger partial charge in [0.1, 0.15) is 0 Å². The minimum Gasteiger partial charge on any atom is -0.340 e. The zero-order valence-corrected chi connectivity index (χ0v) is 9.73. The molecule has 0 saturated heterocycles. The Hall–Kier alpha value is 0.490. The second-order valence-electron chi connectivity index (χ2n) is 2.95. The van der Waals surface area contributed by atoms with E-state index in [9.17, 15) is 0 Å². The molecular formula is C8H13Cl3O3. The third kappa shape index (κ3) is 12.5. The van der Waals surface area contributed by atoms with Crippen molar-refractivity contribution >= 4 is 34.8 Å². The Morgan fingerprint density at radius 3 is 2.00 bits per heavy atom. The zero-order chi connectivity index (χ0) is 11.2.